The number of anilines is 2. The molecule has 4 heterocycles. The Morgan fingerprint density at radius 2 is 1.70 bits per heavy atom. The average Bonchev–Trinajstić information content (AvgIpc) is 3.51. The van der Waals surface area contributed by atoms with Gasteiger partial charge >= 0.3 is 0 Å². The Balaban J connectivity index is 1.38. The van der Waals surface area contributed by atoms with Crippen molar-refractivity contribution < 1.29 is 8.42 Å². The van der Waals surface area contributed by atoms with E-state index in [-0.39, 0.29) is 11.3 Å². The predicted octanol–water partition coefficient (Wildman–Crippen LogP) is 4.61. The van der Waals surface area contributed by atoms with Gasteiger partial charge in [-0.1, -0.05) is 24.3 Å². The number of fused-ring (bicyclic) bond motifs is 1. The number of nitrogens with zero attached hydrogens (tertiary/aromatic N) is 5. The van der Waals surface area contributed by atoms with Crippen LogP contribution < -0.4 is 15.8 Å². The molecule has 0 bridgehead atoms. The van der Waals surface area contributed by atoms with Gasteiger partial charge < -0.3 is 11.5 Å². The normalized spacial score (nSPS) is 17.7. The Bertz CT molecular complexity index is 1860. The van der Waals surface area contributed by atoms with Crippen LogP contribution in [-0.2, 0) is 15.6 Å². The second-order valence-corrected chi connectivity index (χ2v) is 12.6. The second-order valence-electron chi connectivity index (χ2n) is 10.6. The molecule has 0 radical (unpaired) electrons. The minimum atomic E-state index is -3.29. The lowest BCUT2D eigenvalue weighted by Gasteiger charge is -2.38. The zero-order chi connectivity index (χ0) is 27.5. The van der Waals surface area contributed by atoms with Crippen molar-refractivity contribution in [1.82, 2.24) is 19.5 Å². The van der Waals surface area contributed by atoms with E-state index in [0.717, 1.165) is 36.1 Å². The van der Waals surface area contributed by atoms with Crippen molar-refractivity contribution in [2.75, 3.05) is 22.3 Å². The smallest absolute Gasteiger partial charge is 0.235 e. The second kappa shape index (κ2) is 9.14. The fourth-order valence-corrected chi connectivity index (χ4v) is 7.24. The zero-order valence-corrected chi connectivity index (χ0v) is 22.7. The number of hydrogen-bond donors (Lipinski definition) is 2. The third-order valence-corrected chi connectivity index (χ3v) is 9.93. The van der Waals surface area contributed by atoms with Gasteiger partial charge in [-0.25, -0.2) is 23.4 Å². The van der Waals surface area contributed by atoms with Gasteiger partial charge in [0.25, 0.3) is 0 Å². The van der Waals surface area contributed by atoms with Gasteiger partial charge in [0, 0.05) is 29.5 Å². The van der Waals surface area contributed by atoms with Gasteiger partial charge in [0.05, 0.1) is 22.7 Å². The number of nitrogen functional groups attached to an aromatic ring is 1. The van der Waals surface area contributed by atoms with Crippen molar-refractivity contribution in [1.29, 1.82) is 0 Å². The maximum Gasteiger partial charge on any atom is 0.235 e. The molecule has 202 valence electrons. The third-order valence-electron chi connectivity index (χ3n) is 8.06. The lowest BCUT2D eigenvalue weighted by molar-refractivity contribution is 0.253. The highest BCUT2D eigenvalue weighted by Gasteiger charge is 2.34. The molecule has 7 rings (SSSR count). The largest absolute Gasteiger partial charge is 0.383 e. The van der Waals surface area contributed by atoms with Crippen LogP contribution in [0.15, 0.2) is 79.0 Å². The number of rotatable bonds is 5. The van der Waals surface area contributed by atoms with E-state index in [4.69, 9.17) is 21.4 Å². The van der Waals surface area contributed by atoms with Crippen molar-refractivity contribution in [2.24, 2.45) is 5.73 Å². The molecule has 0 unspecified atom stereocenters. The standard InChI is InChI=1S/C30H29N7O2S/c31-27-24(7-2-16-33-27)28-35-26-13-12-25(20-5-1-6-23(19-20)36-17-4-18-40(36,38)39)34-29(26)37(28)22-10-8-21(9-11-22)30(32)14-3-15-30/h1-2,5-13,16,19H,3-4,14-15,17-18,32H2,(H2,31,33). The van der Waals surface area contributed by atoms with Gasteiger partial charge in [-0.2, -0.15) is 0 Å². The van der Waals surface area contributed by atoms with E-state index in [0.29, 0.717) is 52.7 Å². The average molecular weight is 552 g/mol. The van der Waals surface area contributed by atoms with Gasteiger partial charge in [-0.05, 0) is 79.8 Å². The molecular formula is C30H29N7O2S. The van der Waals surface area contributed by atoms with E-state index in [1.807, 2.05) is 65.2 Å². The van der Waals surface area contributed by atoms with Crippen LogP contribution in [0.2, 0.25) is 0 Å². The molecule has 3 aromatic heterocycles. The summed E-state index contributed by atoms with van der Waals surface area (Å²) in [5.74, 6) is 1.19. The molecule has 4 N–H and O–H groups in total. The summed E-state index contributed by atoms with van der Waals surface area (Å²) in [4.78, 5) is 14.3. The Labute approximate surface area is 232 Å². The zero-order valence-electron chi connectivity index (χ0n) is 21.9. The number of aromatic nitrogens is 4. The summed E-state index contributed by atoms with van der Waals surface area (Å²) in [6.07, 6.45) is 5.40. The van der Waals surface area contributed by atoms with E-state index in [1.54, 1.807) is 6.20 Å². The molecule has 5 aromatic rings. The number of nitrogens with two attached hydrogens (primary N) is 2. The minimum Gasteiger partial charge on any atom is -0.383 e. The molecule has 0 atom stereocenters. The van der Waals surface area contributed by atoms with Crippen LogP contribution in [-0.4, -0.2) is 40.2 Å². The predicted molar refractivity (Wildman–Crippen MR) is 157 cm³/mol. The molecule has 2 aromatic carbocycles. The molecule has 1 aliphatic heterocycles. The van der Waals surface area contributed by atoms with Gasteiger partial charge in [0.1, 0.15) is 11.3 Å². The van der Waals surface area contributed by atoms with Gasteiger partial charge in [0.15, 0.2) is 11.5 Å². The molecule has 1 saturated heterocycles. The van der Waals surface area contributed by atoms with Crippen molar-refractivity contribution in [2.45, 2.75) is 31.2 Å². The molecule has 2 fully saturated rings. The summed E-state index contributed by atoms with van der Waals surface area (Å²) in [7, 11) is -3.29. The lowest BCUT2D eigenvalue weighted by atomic mass is 9.73. The summed E-state index contributed by atoms with van der Waals surface area (Å²) < 4.78 is 28.5. The maximum absolute atomic E-state index is 12.5. The highest BCUT2D eigenvalue weighted by Crippen LogP contribution is 2.39. The van der Waals surface area contributed by atoms with Crippen molar-refractivity contribution in [3.05, 3.63) is 84.6 Å². The summed E-state index contributed by atoms with van der Waals surface area (Å²) >= 11 is 0. The first kappa shape index (κ1) is 24.7. The summed E-state index contributed by atoms with van der Waals surface area (Å²) in [5.41, 5.74) is 18.9. The number of hydrogen-bond acceptors (Lipinski definition) is 7. The van der Waals surface area contributed by atoms with Crippen LogP contribution in [0.25, 0.3) is 39.5 Å². The third kappa shape index (κ3) is 4.02. The van der Waals surface area contributed by atoms with Crippen molar-refractivity contribution in [3.8, 4) is 28.3 Å². The first-order valence-corrected chi connectivity index (χ1v) is 15.0. The quantitative estimate of drug-likeness (QED) is 0.326. The molecule has 40 heavy (non-hydrogen) atoms. The van der Waals surface area contributed by atoms with Crippen molar-refractivity contribution >= 4 is 32.7 Å². The van der Waals surface area contributed by atoms with Crippen LogP contribution in [0.3, 0.4) is 0 Å². The Morgan fingerprint density at radius 1 is 0.875 bits per heavy atom. The fraction of sp³-hybridized carbons (Fsp3) is 0.233. The molecule has 9 nitrogen and oxygen atoms in total. The first-order valence-electron chi connectivity index (χ1n) is 13.4. The van der Waals surface area contributed by atoms with E-state index in [9.17, 15) is 8.42 Å². The number of pyridine rings is 2. The molecule has 1 aliphatic carbocycles. The Hall–Kier alpha value is -4.28. The topological polar surface area (TPSA) is 133 Å². The maximum atomic E-state index is 12.5. The number of imidazole rings is 1. The highest BCUT2D eigenvalue weighted by molar-refractivity contribution is 7.93. The number of sulfonamides is 1. The lowest BCUT2D eigenvalue weighted by Crippen LogP contribution is -2.43. The van der Waals surface area contributed by atoms with E-state index < -0.39 is 10.0 Å². The van der Waals surface area contributed by atoms with Crippen LogP contribution >= 0.6 is 0 Å². The Kier molecular flexibility index (Phi) is 5.65. The molecular weight excluding hydrogens is 522 g/mol. The number of benzene rings is 2. The van der Waals surface area contributed by atoms with Crippen LogP contribution in [0.4, 0.5) is 11.5 Å². The van der Waals surface area contributed by atoms with Crippen LogP contribution in [0.1, 0.15) is 31.2 Å². The van der Waals surface area contributed by atoms with E-state index >= 15 is 0 Å². The minimum absolute atomic E-state index is 0.172. The van der Waals surface area contributed by atoms with Gasteiger partial charge in [0.2, 0.25) is 10.0 Å². The van der Waals surface area contributed by atoms with Crippen LogP contribution in [0, 0.1) is 0 Å². The first-order chi connectivity index (χ1) is 19.3. The van der Waals surface area contributed by atoms with Crippen LogP contribution in [0.5, 0.6) is 0 Å². The van der Waals surface area contributed by atoms with Crippen molar-refractivity contribution in [3.63, 3.8) is 0 Å². The molecule has 1 saturated carbocycles. The van der Waals surface area contributed by atoms with Gasteiger partial charge in [-0.3, -0.25) is 8.87 Å². The summed E-state index contributed by atoms with van der Waals surface area (Å²) in [5, 5.41) is 0. The van der Waals surface area contributed by atoms with Gasteiger partial charge in [-0.15, -0.1) is 0 Å². The molecule has 0 spiro atoms. The fourth-order valence-electron chi connectivity index (χ4n) is 5.69. The highest BCUT2D eigenvalue weighted by atomic mass is 32.2. The molecule has 2 aliphatic rings. The monoisotopic (exact) mass is 551 g/mol. The summed E-state index contributed by atoms with van der Waals surface area (Å²) in [6, 6.07) is 23.4. The summed E-state index contributed by atoms with van der Waals surface area (Å²) in [6.45, 7) is 0.487. The van der Waals surface area contributed by atoms with E-state index in [1.165, 1.54) is 4.31 Å². The molecule has 10 heteroatoms. The molecule has 0 amide bonds. The Morgan fingerprint density at radius 3 is 2.40 bits per heavy atom. The SMILES string of the molecule is Nc1ncccc1-c1nc2ccc(-c3cccc(N4CCCS4(=O)=O)c3)nc2n1-c1ccc(C2(N)CCC2)cc1. The van der Waals surface area contributed by atoms with E-state index in [2.05, 4.69) is 17.1 Å².